The minimum atomic E-state index is -0.928. The number of aliphatic hydroxyl groups excluding tert-OH is 1. The van der Waals surface area contributed by atoms with Crippen LogP contribution in [0.25, 0.3) is 0 Å². The molecule has 3 nitrogen and oxygen atoms in total. The van der Waals surface area contributed by atoms with Gasteiger partial charge >= 0.3 is 0 Å². The first kappa shape index (κ1) is 16.4. The Balaban J connectivity index is 1.89. The quantitative estimate of drug-likeness (QED) is 0.783. The lowest BCUT2D eigenvalue weighted by Gasteiger charge is -2.14. The fourth-order valence-electron chi connectivity index (χ4n) is 2.46. The van der Waals surface area contributed by atoms with E-state index in [0.717, 1.165) is 5.56 Å². The number of rotatable bonds is 4. The van der Waals surface area contributed by atoms with Gasteiger partial charge in [-0.3, -0.25) is 4.79 Å². The lowest BCUT2D eigenvalue weighted by atomic mass is 10.0. The van der Waals surface area contributed by atoms with Crippen molar-refractivity contribution >= 4 is 11.6 Å². The SMILES string of the molecule is O=c1ccc(C(O)c2ccc(F)cc2)cn1Cc1ccc(Cl)cc1. The zero-order valence-corrected chi connectivity index (χ0v) is 13.4. The predicted octanol–water partition coefficient (Wildman–Crippen LogP) is 3.77. The summed E-state index contributed by atoms with van der Waals surface area (Å²) in [4.78, 5) is 12.1. The van der Waals surface area contributed by atoms with Crippen LogP contribution in [-0.2, 0) is 6.54 Å². The monoisotopic (exact) mass is 343 g/mol. The van der Waals surface area contributed by atoms with E-state index in [4.69, 9.17) is 11.6 Å². The summed E-state index contributed by atoms with van der Waals surface area (Å²) in [6, 6.07) is 15.8. The molecule has 0 aliphatic heterocycles. The van der Waals surface area contributed by atoms with Crippen LogP contribution < -0.4 is 5.56 Å². The Kier molecular flexibility index (Phi) is 4.79. The van der Waals surface area contributed by atoms with Crippen molar-refractivity contribution in [3.05, 3.63) is 105 Å². The van der Waals surface area contributed by atoms with E-state index in [1.54, 1.807) is 24.4 Å². The Morgan fingerprint density at radius 2 is 1.58 bits per heavy atom. The van der Waals surface area contributed by atoms with Gasteiger partial charge in [0.15, 0.2) is 0 Å². The number of hydrogen-bond acceptors (Lipinski definition) is 2. The van der Waals surface area contributed by atoms with Crippen molar-refractivity contribution in [3.8, 4) is 0 Å². The number of aliphatic hydroxyl groups is 1. The van der Waals surface area contributed by atoms with Gasteiger partial charge in [0.1, 0.15) is 11.9 Å². The summed E-state index contributed by atoms with van der Waals surface area (Å²) in [5, 5.41) is 11.1. The molecule has 0 aliphatic rings. The van der Waals surface area contributed by atoms with Crippen molar-refractivity contribution in [2.75, 3.05) is 0 Å². The number of pyridine rings is 1. The first-order valence-corrected chi connectivity index (χ1v) is 7.79. The Bertz CT molecular complexity index is 888. The van der Waals surface area contributed by atoms with Crippen molar-refractivity contribution < 1.29 is 9.50 Å². The highest BCUT2D eigenvalue weighted by atomic mass is 35.5. The molecule has 1 N–H and O–H groups in total. The maximum Gasteiger partial charge on any atom is 0.250 e. The topological polar surface area (TPSA) is 42.2 Å². The van der Waals surface area contributed by atoms with Crippen molar-refractivity contribution in [1.82, 2.24) is 4.57 Å². The molecule has 24 heavy (non-hydrogen) atoms. The van der Waals surface area contributed by atoms with E-state index in [1.807, 2.05) is 12.1 Å². The predicted molar refractivity (Wildman–Crippen MR) is 91.7 cm³/mol. The summed E-state index contributed by atoms with van der Waals surface area (Å²) in [7, 11) is 0. The van der Waals surface area contributed by atoms with Gasteiger partial charge in [0, 0.05) is 22.8 Å². The van der Waals surface area contributed by atoms with Crippen LogP contribution >= 0.6 is 11.6 Å². The van der Waals surface area contributed by atoms with Crippen LogP contribution in [0.1, 0.15) is 22.8 Å². The van der Waals surface area contributed by atoms with E-state index in [0.29, 0.717) is 22.7 Å². The highest BCUT2D eigenvalue weighted by molar-refractivity contribution is 6.30. The van der Waals surface area contributed by atoms with E-state index >= 15 is 0 Å². The number of hydrogen-bond donors (Lipinski definition) is 1. The molecule has 0 aliphatic carbocycles. The van der Waals surface area contributed by atoms with Crippen molar-refractivity contribution in [3.63, 3.8) is 0 Å². The Labute approximate surface area is 143 Å². The molecule has 0 amide bonds. The zero-order valence-electron chi connectivity index (χ0n) is 12.7. The third-order valence-electron chi connectivity index (χ3n) is 3.77. The standard InChI is InChI=1S/C19H15ClFNO2/c20-16-6-1-13(2-7-16)11-22-12-15(5-10-18(22)23)19(24)14-3-8-17(21)9-4-14/h1-10,12,19,24H,11H2. The lowest BCUT2D eigenvalue weighted by Crippen LogP contribution is -2.20. The van der Waals surface area contributed by atoms with Gasteiger partial charge in [0.25, 0.3) is 5.56 Å². The third kappa shape index (κ3) is 3.72. The van der Waals surface area contributed by atoms with Crippen molar-refractivity contribution in [2.45, 2.75) is 12.6 Å². The zero-order chi connectivity index (χ0) is 17.1. The largest absolute Gasteiger partial charge is 0.384 e. The summed E-state index contributed by atoms with van der Waals surface area (Å²) < 4.78 is 14.5. The molecule has 0 saturated heterocycles. The van der Waals surface area contributed by atoms with Crippen molar-refractivity contribution in [1.29, 1.82) is 0 Å². The van der Waals surface area contributed by atoms with Crippen LogP contribution in [0.15, 0.2) is 71.7 Å². The first-order chi connectivity index (χ1) is 11.5. The second-order valence-corrected chi connectivity index (χ2v) is 5.95. The van der Waals surface area contributed by atoms with Crippen LogP contribution in [0.3, 0.4) is 0 Å². The smallest absolute Gasteiger partial charge is 0.250 e. The van der Waals surface area contributed by atoms with E-state index in [-0.39, 0.29) is 11.4 Å². The van der Waals surface area contributed by atoms with Crippen LogP contribution in [0.5, 0.6) is 0 Å². The van der Waals surface area contributed by atoms with E-state index in [1.165, 1.54) is 34.9 Å². The van der Waals surface area contributed by atoms with Gasteiger partial charge in [0.05, 0.1) is 6.54 Å². The number of halogens is 2. The number of benzene rings is 2. The summed E-state index contributed by atoms with van der Waals surface area (Å²) in [6.07, 6.45) is 0.688. The average molecular weight is 344 g/mol. The van der Waals surface area contributed by atoms with Crippen LogP contribution in [-0.4, -0.2) is 9.67 Å². The molecule has 0 fully saturated rings. The Morgan fingerprint density at radius 3 is 2.25 bits per heavy atom. The van der Waals surface area contributed by atoms with Crippen LogP contribution in [0, 0.1) is 5.82 Å². The summed E-state index contributed by atoms with van der Waals surface area (Å²) >= 11 is 5.86. The summed E-state index contributed by atoms with van der Waals surface area (Å²) in [5.74, 6) is -0.362. The highest BCUT2D eigenvalue weighted by Gasteiger charge is 2.12. The number of nitrogens with zero attached hydrogens (tertiary/aromatic N) is 1. The Hall–Kier alpha value is -2.43. The third-order valence-corrected chi connectivity index (χ3v) is 4.03. The molecule has 1 aromatic heterocycles. The molecule has 1 unspecified atom stereocenters. The molecule has 1 heterocycles. The minimum absolute atomic E-state index is 0.167. The molecule has 0 radical (unpaired) electrons. The molecule has 2 aromatic carbocycles. The molecular formula is C19H15ClFNO2. The lowest BCUT2D eigenvalue weighted by molar-refractivity contribution is 0.219. The van der Waals surface area contributed by atoms with Gasteiger partial charge in [-0.05, 0) is 41.5 Å². The van der Waals surface area contributed by atoms with Gasteiger partial charge in [0.2, 0.25) is 0 Å². The first-order valence-electron chi connectivity index (χ1n) is 7.41. The second kappa shape index (κ2) is 6.99. The molecule has 122 valence electrons. The van der Waals surface area contributed by atoms with Crippen LogP contribution in [0.4, 0.5) is 4.39 Å². The maximum atomic E-state index is 13.0. The van der Waals surface area contributed by atoms with E-state index < -0.39 is 6.10 Å². The normalized spacial score (nSPS) is 12.1. The second-order valence-electron chi connectivity index (χ2n) is 5.51. The fourth-order valence-corrected chi connectivity index (χ4v) is 2.59. The van der Waals surface area contributed by atoms with Crippen LogP contribution in [0.2, 0.25) is 5.02 Å². The van der Waals surface area contributed by atoms with Gasteiger partial charge in [-0.1, -0.05) is 35.9 Å². The molecular weight excluding hydrogens is 329 g/mol. The van der Waals surface area contributed by atoms with Gasteiger partial charge in [-0.15, -0.1) is 0 Å². The van der Waals surface area contributed by atoms with Gasteiger partial charge < -0.3 is 9.67 Å². The highest BCUT2D eigenvalue weighted by Crippen LogP contribution is 2.21. The summed E-state index contributed by atoms with van der Waals surface area (Å²) in [5.41, 5.74) is 1.89. The molecule has 5 heteroatoms. The molecule has 1 atom stereocenters. The maximum absolute atomic E-state index is 13.0. The molecule has 0 spiro atoms. The van der Waals surface area contributed by atoms with E-state index in [9.17, 15) is 14.3 Å². The molecule has 3 aromatic rings. The molecule has 0 saturated carbocycles. The molecule has 3 rings (SSSR count). The molecule has 0 bridgehead atoms. The minimum Gasteiger partial charge on any atom is -0.384 e. The average Bonchev–Trinajstić information content (AvgIpc) is 2.59. The number of aromatic nitrogens is 1. The fraction of sp³-hybridized carbons (Fsp3) is 0.105. The summed E-state index contributed by atoms with van der Waals surface area (Å²) in [6.45, 7) is 0.375. The Morgan fingerprint density at radius 1 is 0.958 bits per heavy atom. The van der Waals surface area contributed by atoms with E-state index in [2.05, 4.69) is 0 Å². The van der Waals surface area contributed by atoms with Gasteiger partial charge in [-0.25, -0.2) is 4.39 Å². The van der Waals surface area contributed by atoms with Gasteiger partial charge in [-0.2, -0.15) is 0 Å². The van der Waals surface area contributed by atoms with Crippen molar-refractivity contribution in [2.24, 2.45) is 0 Å².